The SMILES string of the molecule is O=C(c1nc(Nc2ccc(C(F)(F)F)cc2)c2ccc(-c3ncccc3C(F)(F)F)cc2n1)N1CCC(C2CCCC2)CC1. The molecule has 1 amide bonds. The van der Waals surface area contributed by atoms with E-state index in [4.69, 9.17) is 0 Å². The number of carbonyl (C=O) groups is 1. The summed E-state index contributed by atoms with van der Waals surface area (Å²) in [6, 6.07) is 10.8. The van der Waals surface area contributed by atoms with Crippen LogP contribution < -0.4 is 5.32 Å². The van der Waals surface area contributed by atoms with Gasteiger partial charge in [0.1, 0.15) is 5.82 Å². The fraction of sp³-hybridized carbons (Fsp3) is 0.375. The van der Waals surface area contributed by atoms with E-state index in [-0.39, 0.29) is 34.1 Å². The number of hydrogen-bond donors (Lipinski definition) is 1. The van der Waals surface area contributed by atoms with Crippen molar-refractivity contribution in [3.63, 3.8) is 0 Å². The molecule has 230 valence electrons. The third-order valence-electron chi connectivity index (χ3n) is 8.64. The Hall–Kier alpha value is -4.22. The average Bonchev–Trinajstić information content (AvgIpc) is 3.55. The molecule has 0 spiro atoms. The summed E-state index contributed by atoms with van der Waals surface area (Å²) >= 11 is 0. The molecule has 1 aliphatic heterocycles. The van der Waals surface area contributed by atoms with Crippen molar-refractivity contribution in [2.75, 3.05) is 18.4 Å². The van der Waals surface area contributed by atoms with Crippen LogP contribution in [0.1, 0.15) is 60.3 Å². The van der Waals surface area contributed by atoms with Gasteiger partial charge in [0.05, 0.1) is 22.3 Å². The minimum atomic E-state index is -4.65. The van der Waals surface area contributed by atoms with Gasteiger partial charge >= 0.3 is 12.4 Å². The highest BCUT2D eigenvalue weighted by Gasteiger charge is 2.35. The molecule has 0 unspecified atom stereocenters. The molecular formula is C32H29F6N5O. The van der Waals surface area contributed by atoms with Gasteiger partial charge in [0.25, 0.3) is 5.91 Å². The molecule has 6 nitrogen and oxygen atoms in total. The molecular weight excluding hydrogens is 584 g/mol. The Kier molecular flexibility index (Phi) is 7.93. The lowest BCUT2D eigenvalue weighted by Gasteiger charge is -2.34. The Morgan fingerprint density at radius 2 is 1.50 bits per heavy atom. The maximum absolute atomic E-state index is 13.8. The minimum absolute atomic E-state index is 0.139. The van der Waals surface area contributed by atoms with Crippen molar-refractivity contribution in [3.05, 3.63) is 77.7 Å². The summed E-state index contributed by atoms with van der Waals surface area (Å²) in [6.07, 6.45) is -1.21. The van der Waals surface area contributed by atoms with Crippen LogP contribution in [0.4, 0.5) is 37.8 Å². The summed E-state index contributed by atoms with van der Waals surface area (Å²) in [7, 11) is 0. The number of hydrogen-bond acceptors (Lipinski definition) is 5. The fourth-order valence-electron chi connectivity index (χ4n) is 6.36. The summed E-state index contributed by atoms with van der Waals surface area (Å²) in [5.41, 5.74) is -1.43. The van der Waals surface area contributed by atoms with Gasteiger partial charge in [-0.2, -0.15) is 26.3 Å². The Morgan fingerprint density at radius 1 is 0.818 bits per heavy atom. The first-order valence-electron chi connectivity index (χ1n) is 14.6. The molecule has 0 bridgehead atoms. The van der Waals surface area contributed by atoms with Crippen LogP contribution in [0.5, 0.6) is 0 Å². The predicted octanol–water partition coefficient (Wildman–Crippen LogP) is 8.52. The molecule has 1 N–H and O–H groups in total. The van der Waals surface area contributed by atoms with Crippen LogP contribution in [-0.2, 0) is 12.4 Å². The molecule has 1 saturated heterocycles. The van der Waals surface area contributed by atoms with E-state index in [1.165, 1.54) is 68.3 Å². The van der Waals surface area contributed by atoms with E-state index in [0.717, 1.165) is 31.0 Å². The summed E-state index contributed by atoms with van der Waals surface area (Å²) in [5.74, 6) is 0.838. The van der Waals surface area contributed by atoms with Crippen molar-refractivity contribution in [1.29, 1.82) is 0 Å². The van der Waals surface area contributed by atoms with E-state index in [1.807, 2.05) is 0 Å². The number of nitrogens with zero attached hydrogens (tertiary/aromatic N) is 4. The average molecular weight is 614 g/mol. The number of likely N-dealkylation sites (tertiary alicyclic amines) is 1. The lowest BCUT2D eigenvalue weighted by atomic mass is 9.83. The summed E-state index contributed by atoms with van der Waals surface area (Å²) in [4.78, 5) is 28.3. The predicted molar refractivity (Wildman–Crippen MR) is 153 cm³/mol. The van der Waals surface area contributed by atoms with E-state index in [9.17, 15) is 31.1 Å². The van der Waals surface area contributed by atoms with Crippen LogP contribution in [0.25, 0.3) is 22.2 Å². The van der Waals surface area contributed by atoms with Crippen LogP contribution in [0.15, 0.2) is 60.8 Å². The highest BCUT2D eigenvalue weighted by molar-refractivity contribution is 5.98. The Labute approximate surface area is 249 Å². The number of benzene rings is 2. The number of anilines is 2. The molecule has 2 fully saturated rings. The molecule has 6 rings (SSSR count). The number of aromatic nitrogens is 3. The number of amides is 1. The maximum Gasteiger partial charge on any atom is 0.418 e. The maximum atomic E-state index is 13.8. The Morgan fingerprint density at radius 3 is 2.16 bits per heavy atom. The van der Waals surface area contributed by atoms with Gasteiger partial charge in [-0.25, -0.2) is 9.97 Å². The highest BCUT2D eigenvalue weighted by Crippen LogP contribution is 2.39. The number of halogens is 6. The van der Waals surface area contributed by atoms with Crippen LogP contribution in [0.2, 0.25) is 0 Å². The first kappa shape index (κ1) is 29.8. The first-order valence-corrected chi connectivity index (χ1v) is 14.6. The van der Waals surface area contributed by atoms with Crippen LogP contribution in [0, 0.1) is 11.8 Å². The van der Waals surface area contributed by atoms with Gasteiger partial charge in [-0.1, -0.05) is 31.7 Å². The van der Waals surface area contributed by atoms with Crippen molar-refractivity contribution in [1.82, 2.24) is 19.9 Å². The van der Waals surface area contributed by atoms with Crippen molar-refractivity contribution < 1.29 is 31.1 Å². The van der Waals surface area contributed by atoms with Gasteiger partial charge in [0.15, 0.2) is 0 Å². The second kappa shape index (κ2) is 11.7. The number of fused-ring (bicyclic) bond motifs is 1. The number of nitrogens with one attached hydrogen (secondary N) is 1. The lowest BCUT2D eigenvalue weighted by molar-refractivity contribution is -0.138. The minimum Gasteiger partial charge on any atom is -0.340 e. The molecule has 44 heavy (non-hydrogen) atoms. The molecule has 1 saturated carbocycles. The molecule has 2 aromatic heterocycles. The number of pyridine rings is 1. The van der Waals surface area contributed by atoms with Crippen LogP contribution >= 0.6 is 0 Å². The number of alkyl halides is 6. The molecule has 1 aliphatic carbocycles. The monoisotopic (exact) mass is 613 g/mol. The van der Waals surface area contributed by atoms with Crippen LogP contribution in [0.3, 0.4) is 0 Å². The second-order valence-corrected chi connectivity index (χ2v) is 11.4. The lowest BCUT2D eigenvalue weighted by Crippen LogP contribution is -2.40. The zero-order chi connectivity index (χ0) is 31.1. The van der Waals surface area contributed by atoms with Gasteiger partial charge in [-0.3, -0.25) is 9.78 Å². The van der Waals surface area contributed by atoms with E-state index in [1.54, 1.807) is 4.90 Å². The standard InChI is InChI=1S/C32H29F6N5O/c33-31(34,35)22-8-10-23(11-9-22)40-28-24-12-7-21(27-25(32(36,37)38)6-3-15-39-27)18-26(24)41-29(42-28)30(44)43-16-13-20(14-17-43)19-4-1-2-5-19/h3,6-12,15,18-20H,1-2,4-5,13-14,16-17H2,(H,40,41,42). The third-order valence-corrected chi connectivity index (χ3v) is 8.64. The molecule has 3 heterocycles. The zero-order valence-corrected chi connectivity index (χ0v) is 23.5. The molecule has 2 aromatic carbocycles. The number of carbonyl (C=O) groups excluding carboxylic acids is 1. The van der Waals surface area contributed by atoms with Gasteiger partial charge in [-0.15, -0.1) is 0 Å². The van der Waals surface area contributed by atoms with Gasteiger partial charge < -0.3 is 10.2 Å². The summed E-state index contributed by atoms with van der Waals surface area (Å²) in [5, 5.41) is 3.35. The van der Waals surface area contributed by atoms with Gasteiger partial charge in [0.2, 0.25) is 5.82 Å². The summed E-state index contributed by atoms with van der Waals surface area (Å²) in [6.45, 7) is 1.10. The number of rotatable bonds is 5. The van der Waals surface area contributed by atoms with Gasteiger partial charge in [-0.05, 0) is 73.2 Å². The molecule has 12 heteroatoms. The number of piperidine rings is 1. The first-order chi connectivity index (χ1) is 21.0. The quantitative estimate of drug-likeness (QED) is 0.229. The summed E-state index contributed by atoms with van der Waals surface area (Å²) < 4.78 is 80.6. The van der Waals surface area contributed by atoms with Crippen LogP contribution in [-0.4, -0.2) is 38.8 Å². The Balaban J connectivity index is 1.36. The smallest absolute Gasteiger partial charge is 0.340 e. The van der Waals surface area contributed by atoms with E-state index in [2.05, 4.69) is 20.3 Å². The topological polar surface area (TPSA) is 71.0 Å². The van der Waals surface area contributed by atoms with E-state index < -0.39 is 29.4 Å². The molecule has 4 aromatic rings. The normalized spacial score (nSPS) is 16.9. The largest absolute Gasteiger partial charge is 0.418 e. The van der Waals surface area contributed by atoms with Crippen molar-refractivity contribution in [3.8, 4) is 11.3 Å². The molecule has 0 radical (unpaired) electrons. The van der Waals surface area contributed by atoms with E-state index >= 15 is 0 Å². The molecule has 2 aliphatic rings. The Bertz CT molecular complexity index is 1660. The highest BCUT2D eigenvalue weighted by atomic mass is 19.4. The fourth-order valence-corrected chi connectivity index (χ4v) is 6.36. The molecule has 0 atom stereocenters. The zero-order valence-electron chi connectivity index (χ0n) is 23.5. The van der Waals surface area contributed by atoms with E-state index in [0.29, 0.717) is 30.3 Å². The van der Waals surface area contributed by atoms with Crippen molar-refractivity contribution >= 4 is 28.3 Å². The van der Waals surface area contributed by atoms with Crippen molar-refractivity contribution in [2.24, 2.45) is 11.8 Å². The second-order valence-electron chi connectivity index (χ2n) is 11.4. The van der Waals surface area contributed by atoms with Crippen molar-refractivity contribution in [2.45, 2.75) is 50.9 Å². The van der Waals surface area contributed by atoms with Gasteiger partial charge in [0, 0.05) is 35.9 Å². The third kappa shape index (κ3) is 6.20.